The van der Waals surface area contributed by atoms with Crippen molar-refractivity contribution < 1.29 is 14.3 Å². The number of piperazine rings is 1. The summed E-state index contributed by atoms with van der Waals surface area (Å²) < 4.78 is 4.75. The molecule has 4 rings (SSSR count). The highest BCUT2D eigenvalue weighted by Crippen LogP contribution is 2.43. The smallest absolute Gasteiger partial charge is 0.406 e. The predicted octanol–water partition coefficient (Wildman–Crippen LogP) is 5.53. The Hall–Kier alpha value is -2.77. The van der Waals surface area contributed by atoms with E-state index in [0.717, 1.165) is 87.5 Å². The van der Waals surface area contributed by atoms with Crippen LogP contribution < -0.4 is 10.6 Å². The van der Waals surface area contributed by atoms with Crippen LogP contribution in [0.1, 0.15) is 49.7 Å². The van der Waals surface area contributed by atoms with Crippen LogP contribution in [0.25, 0.3) is 11.1 Å². The van der Waals surface area contributed by atoms with Crippen molar-refractivity contribution in [1.29, 1.82) is 0 Å². The first-order valence-electron chi connectivity index (χ1n) is 14.0. The largest absolute Gasteiger partial charge is 0.453 e. The normalized spacial score (nSPS) is 18.7. The molecule has 206 valence electrons. The van der Waals surface area contributed by atoms with Gasteiger partial charge in [-0.1, -0.05) is 54.9 Å². The van der Waals surface area contributed by atoms with Crippen LogP contribution >= 0.6 is 11.6 Å². The topological polar surface area (TPSA) is 73.9 Å². The van der Waals surface area contributed by atoms with Crippen molar-refractivity contribution in [3.8, 4) is 11.1 Å². The lowest BCUT2D eigenvalue weighted by Crippen LogP contribution is -2.53. The van der Waals surface area contributed by atoms with Gasteiger partial charge >= 0.3 is 12.1 Å². The van der Waals surface area contributed by atoms with E-state index in [9.17, 15) is 9.59 Å². The lowest BCUT2D eigenvalue weighted by atomic mass is 9.76. The SMILES string of the molecule is CCc1cccc(-c2c(Cl)cccc2C(CCCNC(=O)OC)C2CCCN(C(=O)N3CCNCC3)C2)c1. The number of carbonyl (C=O) groups excluding carboxylic acids is 2. The van der Waals surface area contributed by atoms with E-state index in [4.69, 9.17) is 16.3 Å². The molecule has 2 aromatic carbocycles. The van der Waals surface area contributed by atoms with Crippen LogP contribution in [0.4, 0.5) is 9.59 Å². The van der Waals surface area contributed by atoms with Crippen LogP contribution in [0.5, 0.6) is 0 Å². The number of urea groups is 1. The Kier molecular flexibility index (Phi) is 10.3. The number of carbonyl (C=O) groups is 2. The summed E-state index contributed by atoms with van der Waals surface area (Å²) in [6.07, 6.45) is 4.28. The molecule has 0 spiro atoms. The van der Waals surface area contributed by atoms with Gasteiger partial charge in [0.05, 0.1) is 7.11 Å². The minimum Gasteiger partial charge on any atom is -0.453 e. The van der Waals surface area contributed by atoms with Crippen LogP contribution in [-0.2, 0) is 11.2 Å². The summed E-state index contributed by atoms with van der Waals surface area (Å²) >= 11 is 6.89. The second kappa shape index (κ2) is 13.9. The van der Waals surface area contributed by atoms with Gasteiger partial charge in [-0.15, -0.1) is 0 Å². The van der Waals surface area contributed by atoms with Gasteiger partial charge in [0.2, 0.25) is 0 Å². The first kappa shape index (κ1) is 28.2. The van der Waals surface area contributed by atoms with Crippen molar-refractivity contribution in [2.24, 2.45) is 5.92 Å². The number of halogens is 1. The molecule has 2 saturated heterocycles. The monoisotopic (exact) mass is 540 g/mol. The molecular formula is C30H41ClN4O3. The fourth-order valence-corrected chi connectivity index (χ4v) is 6.19. The highest BCUT2D eigenvalue weighted by molar-refractivity contribution is 6.33. The Labute approximate surface area is 231 Å². The lowest BCUT2D eigenvalue weighted by Gasteiger charge is -2.41. The minimum atomic E-state index is -0.410. The summed E-state index contributed by atoms with van der Waals surface area (Å²) in [4.78, 5) is 29.1. The fourth-order valence-electron chi connectivity index (χ4n) is 5.90. The second-order valence-electron chi connectivity index (χ2n) is 10.3. The maximum Gasteiger partial charge on any atom is 0.406 e. The van der Waals surface area contributed by atoms with Crippen molar-refractivity contribution in [3.05, 3.63) is 58.6 Å². The van der Waals surface area contributed by atoms with Crippen LogP contribution in [0.3, 0.4) is 0 Å². The number of methoxy groups -OCH3 is 1. The van der Waals surface area contributed by atoms with Crippen molar-refractivity contribution in [1.82, 2.24) is 20.4 Å². The third-order valence-electron chi connectivity index (χ3n) is 7.90. The standard InChI is InChI=1S/C30H41ClN4O3/c1-3-22-8-4-9-23(20-22)28-26(11-5-13-27(28)31)25(12-6-14-33-29(36)38-2)24-10-7-17-35(21-24)30(37)34-18-15-32-16-19-34/h4-5,8-9,11,13,20,24-25,32H,3,6-7,10,12,14-19,21H2,1-2H3,(H,33,36). The molecule has 2 atom stereocenters. The van der Waals surface area contributed by atoms with E-state index in [1.54, 1.807) is 0 Å². The quantitative estimate of drug-likeness (QED) is 0.432. The zero-order valence-corrected chi connectivity index (χ0v) is 23.4. The van der Waals surface area contributed by atoms with Gasteiger partial charge in [0.25, 0.3) is 0 Å². The molecule has 38 heavy (non-hydrogen) atoms. The molecule has 2 aliphatic rings. The van der Waals surface area contributed by atoms with Gasteiger partial charge < -0.3 is 25.2 Å². The summed E-state index contributed by atoms with van der Waals surface area (Å²) in [6, 6.07) is 15.0. The number of ether oxygens (including phenoxy) is 1. The maximum absolute atomic E-state index is 13.4. The average Bonchev–Trinajstić information content (AvgIpc) is 2.97. The molecule has 0 aliphatic carbocycles. The highest BCUT2D eigenvalue weighted by atomic mass is 35.5. The first-order valence-corrected chi connectivity index (χ1v) is 14.3. The van der Waals surface area contributed by atoms with Gasteiger partial charge in [-0.3, -0.25) is 0 Å². The zero-order chi connectivity index (χ0) is 26.9. The molecular weight excluding hydrogens is 500 g/mol. The number of alkyl carbamates (subject to hydrolysis) is 1. The Balaban J connectivity index is 1.62. The molecule has 8 heteroatoms. The molecule has 2 fully saturated rings. The highest BCUT2D eigenvalue weighted by Gasteiger charge is 2.33. The Morgan fingerprint density at radius 2 is 1.92 bits per heavy atom. The van der Waals surface area contributed by atoms with Gasteiger partial charge in [0, 0.05) is 56.4 Å². The number of hydrogen-bond donors (Lipinski definition) is 2. The Bertz CT molecular complexity index is 1090. The Morgan fingerprint density at radius 1 is 1.13 bits per heavy atom. The molecule has 3 amide bonds. The van der Waals surface area contributed by atoms with Gasteiger partial charge in [0.1, 0.15) is 0 Å². The molecule has 2 aliphatic heterocycles. The molecule has 0 aromatic heterocycles. The summed E-state index contributed by atoms with van der Waals surface area (Å²) in [5.41, 5.74) is 4.72. The number of rotatable bonds is 8. The van der Waals surface area contributed by atoms with Gasteiger partial charge in [-0.2, -0.15) is 0 Å². The minimum absolute atomic E-state index is 0.157. The second-order valence-corrected chi connectivity index (χ2v) is 10.7. The first-order chi connectivity index (χ1) is 18.5. The van der Waals surface area contributed by atoms with E-state index >= 15 is 0 Å². The molecule has 0 bridgehead atoms. The van der Waals surface area contributed by atoms with E-state index < -0.39 is 6.09 Å². The average molecular weight is 541 g/mol. The number of hydrogen-bond acceptors (Lipinski definition) is 4. The third kappa shape index (κ3) is 7.00. The molecule has 2 unspecified atom stereocenters. The number of nitrogens with one attached hydrogen (secondary N) is 2. The van der Waals surface area contributed by atoms with Crippen LogP contribution in [0, 0.1) is 5.92 Å². The zero-order valence-electron chi connectivity index (χ0n) is 22.7. The maximum atomic E-state index is 13.4. The van der Waals surface area contributed by atoms with Gasteiger partial charge in [-0.05, 0) is 66.7 Å². The van der Waals surface area contributed by atoms with E-state index in [1.807, 2.05) is 17.0 Å². The molecule has 2 N–H and O–H groups in total. The van der Waals surface area contributed by atoms with Crippen molar-refractivity contribution in [3.63, 3.8) is 0 Å². The summed E-state index contributed by atoms with van der Waals surface area (Å²) in [5.74, 6) is 0.507. The summed E-state index contributed by atoms with van der Waals surface area (Å²) in [7, 11) is 1.38. The van der Waals surface area contributed by atoms with Crippen LogP contribution in [0.15, 0.2) is 42.5 Å². The predicted molar refractivity (Wildman–Crippen MR) is 153 cm³/mol. The van der Waals surface area contributed by atoms with E-state index in [1.165, 1.54) is 18.2 Å². The summed E-state index contributed by atoms with van der Waals surface area (Å²) in [5, 5.41) is 6.90. The number of nitrogens with zero attached hydrogens (tertiary/aromatic N) is 2. The number of benzene rings is 2. The molecule has 7 nitrogen and oxygen atoms in total. The van der Waals surface area contributed by atoms with Crippen molar-refractivity contribution >= 4 is 23.7 Å². The molecule has 0 radical (unpaired) electrons. The van der Waals surface area contributed by atoms with Gasteiger partial charge in [0.15, 0.2) is 0 Å². The fraction of sp³-hybridized carbons (Fsp3) is 0.533. The Morgan fingerprint density at radius 3 is 2.68 bits per heavy atom. The molecule has 2 heterocycles. The number of likely N-dealkylation sites (tertiary alicyclic amines) is 1. The molecule has 0 saturated carbocycles. The number of aryl methyl sites for hydroxylation is 1. The van der Waals surface area contributed by atoms with Crippen molar-refractivity contribution in [2.75, 3.05) is 52.9 Å². The van der Waals surface area contributed by atoms with Gasteiger partial charge in [-0.25, -0.2) is 9.59 Å². The lowest BCUT2D eigenvalue weighted by molar-refractivity contribution is 0.116. The number of piperidine rings is 1. The number of amides is 3. The summed E-state index contributed by atoms with van der Waals surface area (Å²) in [6.45, 7) is 7.46. The van der Waals surface area contributed by atoms with Crippen molar-refractivity contribution in [2.45, 2.75) is 44.9 Å². The van der Waals surface area contributed by atoms with Crippen LogP contribution in [0.2, 0.25) is 5.02 Å². The molecule has 2 aromatic rings. The van der Waals surface area contributed by atoms with E-state index in [0.29, 0.717) is 12.5 Å². The van der Waals surface area contributed by atoms with Crippen LogP contribution in [-0.4, -0.2) is 74.8 Å². The third-order valence-corrected chi connectivity index (χ3v) is 8.22. The van der Waals surface area contributed by atoms with E-state index in [-0.39, 0.29) is 11.9 Å². The van der Waals surface area contributed by atoms with E-state index in [2.05, 4.69) is 52.8 Å².